The highest BCUT2D eigenvalue weighted by molar-refractivity contribution is 5.93. The quantitative estimate of drug-likeness (QED) is 0.134. The molecule has 4 heterocycles. The predicted octanol–water partition coefficient (Wildman–Crippen LogP) is 8.74. The summed E-state index contributed by atoms with van der Waals surface area (Å²) >= 11 is 0. The zero-order valence-electron chi connectivity index (χ0n) is 27.0. The molecule has 0 bridgehead atoms. The maximum atomic E-state index is 6.61. The molecule has 10 rings (SSSR count). The van der Waals surface area contributed by atoms with Crippen LogP contribution in [0.5, 0.6) is 11.5 Å². The molecule has 0 amide bonds. The largest absolute Gasteiger partial charge is 0.458 e. The number of imidazole rings is 4. The van der Waals surface area contributed by atoms with E-state index in [1.165, 1.54) is 0 Å². The van der Waals surface area contributed by atoms with Crippen molar-refractivity contribution in [2.75, 3.05) is 0 Å². The summed E-state index contributed by atoms with van der Waals surface area (Å²) in [5.41, 5.74) is 10.2. The van der Waals surface area contributed by atoms with E-state index in [1.807, 2.05) is 73.1 Å². The minimum absolute atomic E-state index is 0.704. The number of rotatable bonds is 6. The molecule has 8 heteroatoms. The highest BCUT2D eigenvalue weighted by Gasteiger charge is 2.22. The normalized spacial score (nSPS) is 11.7. The summed E-state index contributed by atoms with van der Waals surface area (Å²) in [5.74, 6) is 2.95. The molecule has 0 atom stereocenters. The molecule has 6 aromatic carbocycles. The maximum Gasteiger partial charge on any atom is 0.269 e. The Bertz CT molecular complexity index is 2860. The molecule has 0 saturated carbocycles. The summed E-state index contributed by atoms with van der Waals surface area (Å²) in [4.78, 5) is 10.0. The average molecular weight is 648 g/mol. The topological polar surface area (TPSA) is 58.1 Å². The Morgan fingerprint density at radius 2 is 1.38 bits per heavy atom. The van der Waals surface area contributed by atoms with Gasteiger partial charge in [-0.05, 0) is 73.2 Å². The summed E-state index contributed by atoms with van der Waals surface area (Å²) in [6.45, 7) is 2.10. The van der Waals surface area contributed by atoms with Gasteiger partial charge in [0.25, 0.3) is 6.33 Å². The van der Waals surface area contributed by atoms with E-state index < -0.39 is 0 Å². The van der Waals surface area contributed by atoms with Gasteiger partial charge in [-0.1, -0.05) is 78.9 Å². The monoisotopic (exact) mass is 647 g/mol. The van der Waals surface area contributed by atoms with Crippen molar-refractivity contribution in [3.05, 3.63) is 170 Å². The van der Waals surface area contributed by atoms with Crippen LogP contribution in [0.3, 0.4) is 0 Å². The highest BCUT2D eigenvalue weighted by Crippen LogP contribution is 2.34. The van der Waals surface area contributed by atoms with E-state index in [0.29, 0.717) is 11.5 Å². The molecule has 0 aliphatic heterocycles. The standard InChI is InChI=1S/C42H29N7O/c1-29-12-10-21-38-40(29)44-42-48(38)37-23-22-34(27-39(37)49(42)41-43-24-25-45(41)30-13-4-2-5-14-30)50-33-18-11-17-32(26-33)47-28-46(31-15-6-3-7-16-31)35-19-8-9-20-36(35)47/h2-27H,1H3. The number of fused-ring (bicyclic) bond motifs is 6. The minimum atomic E-state index is 0.704. The predicted molar refractivity (Wildman–Crippen MR) is 195 cm³/mol. The van der Waals surface area contributed by atoms with Gasteiger partial charge in [-0.3, -0.25) is 18.1 Å². The van der Waals surface area contributed by atoms with Gasteiger partial charge >= 0.3 is 0 Å². The number of benzene rings is 6. The number of para-hydroxylation sites is 5. The lowest BCUT2D eigenvalue weighted by molar-refractivity contribution is -0.572. The van der Waals surface area contributed by atoms with Crippen LogP contribution in [0.25, 0.3) is 61.9 Å². The summed E-state index contributed by atoms with van der Waals surface area (Å²) in [6, 6.07) is 49.5. The molecule has 238 valence electrons. The van der Waals surface area contributed by atoms with Crippen LogP contribution in [0, 0.1) is 13.3 Å². The summed E-state index contributed by atoms with van der Waals surface area (Å²) < 4.78 is 17.2. The Balaban J connectivity index is 1.11. The van der Waals surface area contributed by atoms with E-state index in [4.69, 9.17) is 14.7 Å². The van der Waals surface area contributed by atoms with Gasteiger partial charge < -0.3 is 4.74 Å². The fraction of sp³-hybridized carbons (Fsp3) is 0.0238. The Morgan fingerprint density at radius 3 is 2.26 bits per heavy atom. The van der Waals surface area contributed by atoms with Gasteiger partial charge in [0.05, 0.1) is 44.5 Å². The molecule has 0 saturated heterocycles. The van der Waals surface area contributed by atoms with Crippen molar-refractivity contribution in [1.82, 2.24) is 28.1 Å². The average Bonchev–Trinajstić information content (AvgIpc) is 3.94. The van der Waals surface area contributed by atoms with Crippen LogP contribution >= 0.6 is 0 Å². The Hall–Kier alpha value is -6.93. The molecule has 10 aromatic rings. The van der Waals surface area contributed by atoms with Crippen LogP contribution in [0.2, 0.25) is 0 Å². The molecule has 0 radical (unpaired) electrons. The van der Waals surface area contributed by atoms with Gasteiger partial charge in [-0.2, -0.15) is 0 Å². The fourth-order valence-electron chi connectivity index (χ4n) is 6.95. The van der Waals surface area contributed by atoms with Crippen molar-refractivity contribution in [3.8, 4) is 34.5 Å². The second kappa shape index (κ2) is 11.1. The van der Waals surface area contributed by atoms with Gasteiger partial charge in [0, 0.05) is 24.1 Å². The van der Waals surface area contributed by atoms with E-state index in [9.17, 15) is 0 Å². The smallest absolute Gasteiger partial charge is 0.269 e. The molecule has 8 nitrogen and oxygen atoms in total. The molecule has 0 spiro atoms. The maximum absolute atomic E-state index is 6.61. The van der Waals surface area contributed by atoms with Crippen LogP contribution < -0.4 is 9.30 Å². The first-order valence-electron chi connectivity index (χ1n) is 16.5. The lowest BCUT2D eigenvalue weighted by atomic mass is 10.2. The van der Waals surface area contributed by atoms with Crippen molar-refractivity contribution in [2.45, 2.75) is 6.92 Å². The number of nitrogens with zero attached hydrogens (tertiary/aromatic N) is 7. The minimum Gasteiger partial charge on any atom is -0.458 e. The summed E-state index contributed by atoms with van der Waals surface area (Å²) in [7, 11) is 0. The second-order valence-electron chi connectivity index (χ2n) is 12.3. The Morgan fingerprint density at radius 1 is 0.640 bits per heavy atom. The van der Waals surface area contributed by atoms with Crippen molar-refractivity contribution in [2.24, 2.45) is 0 Å². The van der Waals surface area contributed by atoms with Gasteiger partial charge in [0.15, 0.2) is 0 Å². The number of aryl methyl sites for hydroxylation is 1. The first kappa shape index (κ1) is 28.1. The molecule has 0 fully saturated rings. The van der Waals surface area contributed by atoms with Crippen LogP contribution in [-0.4, -0.2) is 28.1 Å². The van der Waals surface area contributed by atoms with E-state index >= 15 is 0 Å². The molecule has 0 aliphatic carbocycles. The van der Waals surface area contributed by atoms with Crippen molar-refractivity contribution >= 4 is 38.9 Å². The molecule has 50 heavy (non-hydrogen) atoms. The molecular formula is C42H29N7O. The third-order valence-corrected chi connectivity index (χ3v) is 9.24. The molecule has 0 unspecified atom stereocenters. The summed E-state index contributed by atoms with van der Waals surface area (Å²) in [6.07, 6.45) is 7.37. The second-order valence-corrected chi connectivity index (χ2v) is 12.3. The first-order chi connectivity index (χ1) is 24.7. The fourth-order valence-corrected chi connectivity index (χ4v) is 6.95. The van der Waals surface area contributed by atoms with E-state index in [0.717, 1.165) is 67.5 Å². The van der Waals surface area contributed by atoms with Crippen LogP contribution in [-0.2, 0) is 0 Å². The zero-order valence-corrected chi connectivity index (χ0v) is 27.0. The SMILES string of the molecule is Cc1cccc2c1nc1n(-c3nccn3-c3ccccc3)c3cc(Oc4cccc(-n5[c-][n+](-c6ccccc6)c6ccccc65)c4)ccc3n21. The van der Waals surface area contributed by atoms with Crippen molar-refractivity contribution in [1.29, 1.82) is 0 Å². The Kier molecular flexibility index (Phi) is 6.22. The van der Waals surface area contributed by atoms with Crippen LogP contribution in [0.1, 0.15) is 5.56 Å². The molecule has 4 aromatic heterocycles. The van der Waals surface area contributed by atoms with Crippen LogP contribution in [0.4, 0.5) is 0 Å². The highest BCUT2D eigenvalue weighted by atomic mass is 16.5. The number of hydrogen-bond donors (Lipinski definition) is 0. The number of aromatic nitrogens is 7. The van der Waals surface area contributed by atoms with Gasteiger partial charge in [-0.25, -0.2) is 14.5 Å². The third-order valence-electron chi connectivity index (χ3n) is 9.24. The van der Waals surface area contributed by atoms with Crippen molar-refractivity contribution < 1.29 is 9.30 Å². The summed E-state index contributed by atoms with van der Waals surface area (Å²) in [5, 5.41) is 0. The van der Waals surface area contributed by atoms with Gasteiger partial charge in [0.1, 0.15) is 11.5 Å². The van der Waals surface area contributed by atoms with E-state index in [2.05, 4.69) is 121 Å². The molecule has 0 aliphatic rings. The van der Waals surface area contributed by atoms with Crippen molar-refractivity contribution in [3.63, 3.8) is 0 Å². The lowest BCUT2D eigenvalue weighted by Crippen LogP contribution is -2.29. The zero-order chi connectivity index (χ0) is 33.2. The lowest BCUT2D eigenvalue weighted by Gasteiger charge is -2.11. The van der Waals surface area contributed by atoms with E-state index in [-0.39, 0.29) is 0 Å². The third kappa shape index (κ3) is 4.35. The van der Waals surface area contributed by atoms with E-state index in [1.54, 1.807) is 0 Å². The number of ether oxygens (including phenoxy) is 1. The number of hydrogen-bond acceptors (Lipinski definition) is 3. The van der Waals surface area contributed by atoms with Crippen LogP contribution in [0.15, 0.2) is 158 Å². The van der Waals surface area contributed by atoms with Gasteiger partial charge in [-0.15, -0.1) is 0 Å². The van der Waals surface area contributed by atoms with Gasteiger partial charge in [0.2, 0.25) is 11.7 Å². The first-order valence-corrected chi connectivity index (χ1v) is 16.5. The molecule has 0 N–H and O–H groups in total. The molecular weight excluding hydrogens is 619 g/mol. The Labute approximate surface area is 286 Å².